The van der Waals surface area contributed by atoms with Crippen molar-refractivity contribution in [1.82, 2.24) is 4.72 Å². The Morgan fingerprint density at radius 2 is 2.15 bits per heavy atom. The third kappa shape index (κ3) is 4.76. The number of carboxylic acid groups (broad SMARTS) is 1. The number of sulfonamides is 1. The normalized spacial score (nSPS) is 11.9. The van der Waals surface area contributed by atoms with Crippen molar-refractivity contribution >= 4 is 22.1 Å². The van der Waals surface area contributed by atoms with Crippen LogP contribution in [0.1, 0.15) is 11.1 Å². The fourth-order valence-corrected chi connectivity index (χ4v) is 2.62. The van der Waals surface area contributed by atoms with Crippen LogP contribution in [0.15, 0.2) is 29.2 Å². The van der Waals surface area contributed by atoms with Gasteiger partial charge in [0, 0.05) is 19.7 Å². The Morgan fingerprint density at radius 1 is 1.45 bits per heavy atom. The number of carbonyl (C=O) groups is 1. The van der Waals surface area contributed by atoms with Crippen molar-refractivity contribution in [2.45, 2.75) is 11.8 Å². The average Bonchev–Trinajstić information content (AvgIpc) is 2.37. The summed E-state index contributed by atoms with van der Waals surface area (Å²) >= 11 is 0. The van der Waals surface area contributed by atoms with Gasteiger partial charge in [-0.3, -0.25) is 0 Å². The molecule has 0 bridgehead atoms. The Hall–Kier alpha value is -1.70. The van der Waals surface area contributed by atoms with Gasteiger partial charge in [-0.25, -0.2) is 17.9 Å². The third-order valence-electron chi connectivity index (χ3n) is 2.56. The molecule has 0 radical (unpaired) electrons. The number of hydrogen-bond donors (Lipinski definition) is 2. The van der Waals surface area contributed by atoms with Crippen LogP contribution in [-0.4, -0.2) is 39.8 Å². The highest BCUT2D eigenvalue weighted by molar-refractivity contribution is 7.89. The predicted octanol–water partition coefficient (Wildman–Crippen LogP) is 1.02. The van der Waals surface area contributed by atoms with E-state index in [9.17, 15) is 13.2 Å². The molecule has 1 aromatic rings. The second-order valence-corrected chi connectivity index (χ2v) is 5.85. The zero-order valence-corrected chi connectivity index (χ0v) is 12.1. The molecule has 110 valence electrons. The van der Waals surface area contributed by atoms with Gasteiger partial charge in [0.05, 0.1) is 11.5 Å². The molecule has 0 saturated heterocycles. The summed E-state index contributed by atoms with van der Waals surface area (Å²) in [5, 5.41) is 8.57. The molecule has 0 aliphatic rings. The first-order chi connectivity index (χ1) is 9.36. The molecule has 0 spiro atoms. The Balaban J connectivity index is 2.94. The Kier molecular flexibility index (Phi) is 5.87. The van der Waals surface area contributed by atoms with Crippen molar-refractivity contribution in [1.29, 1.82) is 0 Å². The van der Waals surface area contributed by atoms with Crippen LogP contribution in [0.3, 0.4) is 0 Å². The number of hydrogen-bond acceptors (Lipinski definition) is 4. The Bertz CT molecular complexity index is 607. The van der Waals surface area contributed by atoms with E-state index >= 15 is 0 Å². The summed E-state index contributed by atoms with van der Waals surface area (Å²) in [5.41, 5.74) is 1.33. The van der Waals surface area contributed by atoms with Gasteiger partial charge in [-0.1, -0.05) is 6.07 Å². The van der Waals surface area contributed by atoms with Gasteiger partial charge >= 0.3 is 5.97 Å². The van der Waals surface area contributed by atoms with E-state index in [-0.39, 0.29) is 18.0 Å². The van der Waals surface area contributed by atoms with Crippen LogP contribution >= 0.6 is 0 Å². The van der Waals surface area contributed by atoms with Crippen LogP contribution in [0.25, 0.3) is 6.08 Å². The predicted molar refractivity (Wildman–Crippen MR) is 74.9 cm³/mol. The summed E-state index contributed by atoms with van der Waals surface area (Å²) in [6, 6.07) is 4.50. The number of methoxy groups -OCH3 is 1. The zero-order chi connectivity index (χ0) is 15.2. The van der Waals surface area contributed by atoms with Gasteiger partial charge in [-0.2, -0.15) is 0 Å². The number of aryl methyl sites for hydroxylation is 1. The fraction of sp³-hybridized carbons (Fsp3) is 0.308. The molecule has 0 amide bonds. The monoisotopic (exact) mass is 299 g/mol. The molecule has 0 unspecified atom stereocenters. The second-order valence-electron chi connectivity index (χ2n) is 4.08. The molecule has 1 aromatic carbocycles. The number of aliphatic carboxylic acids is 1. The van der Waals surface area contributed by atoms with E-state index in [2.05, 4.69) is 4.72 Å². The summed E-state index contributed by atoms with van der Waals surface area (Å²) in [6.45, 7) is 2.20. The number of rotatable bonds is 7. The van der Waals surface area contributed by atoms with E-state index in [4.69, 9.17) is 9.84 Å². The van der Waals surface area contributed by atoms with Crippen molar-refractivity contribution in [3.63, 3.8) is 0 Å². The maximum atomic E-state index is 12.0. The maximum absolute atomic E-state index is 12.0. The van der Waals surface area contributed by atoms with E-state index < -0.39 is 16.0 Å². The maximum Gasteiger partial charge on any atom is 0.328 e. The van der Waals surface area contributed by atoms with Gasteiger partial charge in [0.25, 0.3) is 0 Å². The minimum absolute atomic E-state index is 0.138. The standard InChI is InChI=1S/C13H17NO5S/c1-10-9-12(20(17,18)14-7-8-19-2)5-3-11(10)4-6-13(15)16/h3-6,9,14H,7-8H2,1-2H3,(H,15,16). The lowest BCUT2D eigenvalue weighted by Gasteiger charge is -2.08. The van der Waals surface area contributed by atoms with Gasteiger partial charge < -0.3 is 9.84 Å². The SMILES string of the molecule is COCCNS(=O)(=O)c1ccc(C=CC(=O)O)c(C)c1. The first-order valence-corrected chi connectivity index (χ1v) is 7.35. The Labute approximate surface area is 118 Å². The van der Waals surface area contributed by atoms with Gasteiger partial charge in [-0.05, 0) is 36.3 Å². The van der Waals surface area contributed by atoms with Crippen LogP contribution in [0.2, 0.25) is 0 Å². The summed E-state index contributed by atoms with van der Waals surface area (Å²) in [7, 11) is -2.09. The minimum atomic E-state index is -3.57. The molecule has 7 heteroatoms. The fourth-order valence-electron chi connectivity index (χ4n) is 1.52. The first kappa shape index (κ1) is 16.4. The van der Waals surface area contributed by atoms with E-state index in [1.807, 2.05) is 0 Å². The molecule has 0 saturated carbocycles. The molecule has 0 aliphatic heterocycles. The third-order valence-corrected chi connectivity index (χ3v) is 4.01. The second kappa shape index (κ2) is 7.18. The number of carboxylic acids is 1. The molecule has 0 heterocycles. The summed E-state index contributed by atoms with van der Waals surface area (Å²) in [6.07, 6.45) is 2.43. The van der Waals surface area contributed by atoms with Crippen LogP contribution in [0, 0.1) is 6.92 Å². The Morgan fingerprint density at radius 3 is 2.70 bits per heavy atom. The quantitative estimate of drug-likeness (QED) is 0.579. The molecule has 0 aromatic heterocycles. The molecular weight excluding hydrogens is 282 g/mol. The number of ether oxygens (including phenoxy) is 1. The molecule has 2 N–H and O–H groups in total. The van der Waals surface area contributed by atoms with Crippen LogP contribution < -0.4 is 4.72 Å². The lowest BCUT2D eigenvalue weighted by Crippen LogP contribution is -2.27. The molecule has 0 atom stereocenters. The van der Waals surface area contributed by atoms with Crippen molar-refractivity contribution in [2.75, 3.05) is 20.3 Å². The van der Waals surface area contributed by atoms with Gasteiger partial charge in [0.1, 0.15) is 0 Å². The van der Waals surface area contributed by atoms with Crippen molar-refractivity contribution in [3.05, 3.63) is 35.4 Å². The van der Waals surface area contributed by atoms with Crippen LogP contribution in [0.4, 0.5) is 0 Å². The lowest BCUT2D eigenvalue weighted by molar-refractivity contribution is -0.131. The molecule has 1 rings (SSSR count). The van der Waals surface area contributed by atoms with E-state index in [0.29, 0.717) is 11.1 Å². The largest absolute Gasteiger partial charge is 0.478 e. The highest BCUT2D eigenvalue weighted by Gasteiger charge is 2.13. The van der Waals surface area contributed by atoms with E-state index in [0.717, 1.165) is 6.08 Å². The van der Waals surface area contributed by atoms with E-state index in [1.54, 1.807) is 13.0 Å². The molecule has 0 fully saturated rings. The topological polar surface area (TPSA) is 92.7 Å². The summed E-state index contributed by atoms with van der Waals surface area (Å²) < 4.78 is 31.1. The minimum Gasteiger partial charge on any atom is -0.478 e. The highest BCUT2D eigenvalue weighted by Crippen LogP contribution is 2.16. The number of benzene rings is 1. The van der Waals surface area contributed by atoms with E-state index in [1.165, 1.54) is 25.3 Å². The molecule has 0 aliphatic carbocycles. The summed E-state index contributed by atoms with van der Waals surface area (Å²) in [5.74, 6) is -1.05. The van der Waals surface area contributed by atoms with Gasteiger partial charge in [-0.15, -0.1) is 0 Å². The van der Waals surface area contributed by atoms with Gasteiger partial charge in [0.15, 0.2) is 0 Å². The van der Waals surface area contributed by atoms with Crippen molar-refractivity contribution in [2.24, 2.45) is 0 Å². The highest BCUT2D eigenvalue weighted by atomic mass is 32.2. The smallest absolute Gasteiger partial charge is 0.328 e. The molecular formula is C13H17NO5S. The van der Waals surface area contributed by atoms with Gasteiger partial charge in [0.2, 0.25) is 10.0 Å². The van der Waals surface area contributed by atoms with Crippen LogP contribution in [0.5, 0.6) is 0 Å². The molecule has 20 heavy (non-hydrogen) atoms. The lowest BCUT2D eigenvalue weighted by atomic mass is 10.1. The summed E-state index contributed by atoms with van der Waals surface area (Å²) in [4.78, 5) is 10.6. The van der Waals surface area contributed by atoms with Crippen molar-refractivity contribution < 1.29 is 23.1 Å². The first-order valence-electron chi connectivity index (χ1n) is 5.87. The zero-order valence-electron chi connectivity index (χ0n) is 11.3. The van der Waals surface area contributed by atoms with Crippen molar-refractivity contribution in [3.8, 4) is 0 Å². The number of nitrogens with one attached hydrogen (secondary N) is 1. The average molecular weight is 299 g/mol. The molecule has 6 nitrogen and oxygen atoms in total. The van der Waals surface area contributed by atoms with Crippen LogP contribution in [-0.2, 0) is 19.6 Å².